The second kappa shape index (κ2) is 9.99. The minimum absolute atomic E-state index is 0. The molecule has 0 radical (unpaired) electrons. The largest absolute Gasteiger partial charge is 0.370 e. The van der Waals surface area contributed by atoms with Crippen molar-refractivity contribution in [3.05, 3.63) is 35.4 Å². The van der Waals surface area contributed by atoms with E-state index in [4.69, 9.17) is 5.73 Å². The van der Waals surface area contributed by atoms with Crippen LogP contribution in [0.5, 0.6) is 0 Å². The molecule has 2 fully saturated rings. The maximum absolute atomic E-state index is 11.7. The van der Waals surface area contributed by atoms with Gasteiger partial charge in [0.25, 0.3) is 0 Å². The molecule has 138 valence electrons. The molecule has 6 heteroatoms. The van der Waals surface area contributed by atoms with Gasteiger partial charge in [-0.05, 0) is 30.4 Å². The van der Waals surface area contributed by atoms with E-state index in [2.05, 4.69) is 34.2 Å². The lowest BCUT2D eigenvalue weighted by molar-refractivity contribution is -0.128. The highest BCUT2D eigenvalue weighted by molar-refractivity contribution is 14.0. The highest BCUT2D eigenvalue weighted by Crippen LogP contribution is 2.15. The number of aliphatic imine (C=N–C) groups is 1. The van der Waals surface area contributed by atoms with Crippen molar-refractivity contribution in [2.24, 2.45) is 10.7 Å². The van der Waals surface area contributed by atoms with E-state index >= 15 is 0 Å². The third kappa shape index (κ3) is 5.87. The van der Waals surface area contributed by atoms with E-state index in [1.54, 1.807) is 0 Å². The van der Waals surface area contributed by atoms with Gasteiger partial charge in [0.05, 0.1) is 6.54 Å². The first kappa shape index (κ1) is 20.0. The summed E-state index contributed by atoms with van der Waals surface area (Å²) in [5, 5.41) is 0. The van der Waals surface area contributed by atoms with Crippen LogP contribution in [0.4, 0.5) is 0 Å². The van der Waals surface area contributed by atoms with Crippen LogP contribution in [0.2, 0.25) is 0 Å². The van der Waals surface area contributed by atoms with E-state index in [1.165, 1.54) is 31.2 Å². The number of benzene rings is 1. The number of carbonyl (C=O) groups excluding carboxylic acids is 1. The SMILES string of the molecule is I.NC(=NCc1ccc(CN2CCCC2=O)cc1)N1CCCCCC1. The van der Waals surface area contributed by atoms with Gasteiger partial charge in [0.2, 0.25) is 5.91 Å². The van der Waals surface area contributed by atoms with Crippen LogP contribution in [0.25, 0.3) is 0 Å². The highest BCUT2D eigenvalue weighted by atomic mass is 127. The van der Waals surface area contributed by atoms with E-state index in [1.807, 2.05) is 4.90 Å². The van der Waals surface area contributed by atoms with Gasteiger partial charge in [0.1, 0.15) is 0 Å². The van der Waals surface area contributed by atoms with Gasteiger partial charge in [-0.25, -0.2) is 4.99 Å². The van der Waals surface area contributed by atoms with Gasteiger partial charge in [-0.15, -0.1) is 24.0 Å². The van der Waals surface area contributed by atoms with Crippen molar-refractivity contribution in [2.45, 2.75) is 51.6 Å². The summed E-state index contributed by atoms with van der Waals surface area (Å²) in [6.07, 6.45) is 6.69. The Bertz CT molecular complexity index is 580. The number of nitrogens with zero attached hydrogens (tertiary/aromatic N) is 3. The minimum Gasteiger partial charge on any atom is -0.370 e. The second-order valence-electron chi connectivity index (χ2n) is 6.81. The molecule has 2 saturated heterocycles. The first-order valence-electron chi connectivity index (χ1n) is 9.13. The number of hydrogen-bond acceptors (Lipinski definition) is 2. The van der Waals surface area contributed by atoms with Crippen LogP contribution >= 0.6 is 24.0 Å². The zero-order valence-electron chi connectivity index (χ0n) is 14.8. The fourth-order valence-corrected chi connectivity index (χ4v) is 3.41. The average molecular weight is 456 g/mol. The Hall–Kier alpha value is -1.31. The molecule has 2 aliphatic heterocycles. The zero-order chi connectivity index (χ0) is 16.8. The number of guanidine groups is 1. The van der Waals surface area contributed by atoms with Crippen LogP contribution in [0.3, 0.4) is 0 Å². The quantitative estimate of drug-likeness (QED) is 0.430. The zero-order valence-corrected chi connectivity index (χ0v) is 17.2. The van der Waals surface area contributed by atoms with E-state index in [0.29, 0.717) is 18.9 Å². The van der Waals surface area contributed by atoms with Crippen molar-refractivity contribution < 1.29 is 4.79 Å². The molecule has 1 amide bonds. The molecule has 0 aromatic heterocycles. The number of rotatable bonds is 4. The number of halogens is 1. The summed E-state index contributed by atoms with van der Waals surface area (Å²) >= 11 is 0. The van der Waals surface area contributed by atoms with Gasteiger partial charge in [-0.3, -0.25) is 4.79 Å². The van der Waals surface area contributed by atoms with Gasteiger partial charge in [-0.2, -0.15) is 0 Å². The normalized spacial score (nSPS) is 18.9. The van der Waals surface area contributed by atoms with Crippen molar-refractivity contribution in [3.63, 3.8) is 0 Å². The molecule has 0 saturated carbocycles. The molecule has 0 spiro atoms. The van der Waals surface area contributed by atoms with Crippen LogP contribution in [0.1, 0.15) is 49.7 Å². The standard InChI is InChI=1S/C19H28N4O.HI/c20-19(22-11-3-1-2-4-12-22)21-14-16-7-9-17(10-8-16)15-23-13-5-6-18(23)24;/h7-10H,1-6,11-15H2,(H2,20,21);1H. The predicted octanol–water partition coefficient (Wildman–Crippen LogP) is 3.12. The monoisotopic (exact) mass is 456 g/mol. The summed E-state index contributed by atoms with van der Waals surface area (Å²) < 4.78 is 0. The lowest BCUT2D eigenvalue weighted by atomic mass is 10.1. The Labute approximate surface area is 167 Å². The van der Waals surface area contributed by atoms with E-state index in [0.717, 1.165) is 38.2 Å². The van der Waals surface area contributed by atoms with Crippen molar-refractivity contribution >= 4 is 35.8 Å². The fraction of sp³-hybridized carbons (Fsp3) is 0.579. The van der Waals surface area contributed by atoms with Crippen molar-refractivity contribution in [3.8, 4) is 0 Å². The van der Waals surface area contributed by atoms with Crippen LogP contribution in [0.15, 0.2) is 29.3 Å². The molecule has 1 aromatic rings. The van der Waals surface area contributed by atoms with Gasteiger partial charge in [0, 0.05) is 32.6 Å². The number of hydrogen-bond donors (Lipinski definition) is 1. The molecule has 0 aliphatic carbocycles. The maximum atomic E-state index is 11.7. The third-order valence-electron chi connectivity index (χ3n) is 4.92. The molecular weight excluding hydrogens is 427 g/mol. The number of amides is 1. The number of likely N-dealkylation sites (tertiary alicyclic amines) is 2. The average Bonchev–Trinajstić information content (AvgIpc) is 2.85. The van der Waals surface area contributed by atoms with Crippen molar-refractivity contribution in [2.75, 3.05) is 19.6 Å². The molecule has 2 N–H and O–H groups in total. The summed E-state index contributed by atoms with van der Waals surface area (Å²) in [4.78, 5) is 20.4. The molecule has 2 heterocycles. The van der Waals surface area contributed by atoms with Crippen LogP contribution in [0, 0.1) is 0 Å². The van der Waals surface area contributed by atoms with Gasteiger partial charge < -0.3 is 15.5 Å². The Balaban J connectivity index is 0.00000225. The Kier molecular flexibility index (Phi) is 7.99. The number of carbonyl (C=O) groups is 1. The first-order chi connectivity index (χ1) is 11.7. The summed E-state index contributed by atoms with van der Waals surface area (Å²) in [7, 11) is 0. The summed E-state index contributed by atoms with van der Waals surface area (Å²) in [6.45, 7) is 4.27. The molecule has 1 aromatic carbocycles. The van der Waals surface area contributed by atoms with Crippen molar-refractivity contribution in [1.29, 1.82) is 0 Å². The molecule has 5 nitrogen and oxygen atoms in total. The molecule has 3 rings (SSSR count). The fourth-order valence-electron chi connectivity index (χ4n) is 3.41. The highest BCUT2D eigenvalue weighted by Gasteiger charge is 2.19. The lowest BCUT2D eigenvalue weighted by Crippen LogP contribution is -2.38. The summed E-state index contributed by atoms with van der Waals surface area (Å²) in [5.41, 5.74) is 8.49. The predicted molar refractivity (Wildman–Crippen MR) is 112 cm³/mol. The third-order valence-corrected chi connectivity index (χ3v) is 4.92. The smallest absolute Gasteiger partial charge is 0.222 e. The Morgan fingerprint density at radius 3 is 2.20 bits per heavy atom. The molecule has 2 aliphatic rings. The molecular formula is C19H29IN4O. The summed E-state index contributed by atoms with van der Waals surface area (Å²) in [6, 6.07) is 8.38. The van der Waals surface area contributed by atoms with E-state index < -0.39 is 0 Å². The Morgan fingerprint density at radius 2 is 1.60 bits per heavy atom. The Morgan fingerprint density at radius 1 is 0.960 bits per heavy atom. The molecule has 25 heavy (non-hydrogen) atoms. The van der Waals surface area contributed by atoms with E-state index in [9.17, 15) is 4.79 Å². The first-order valence-corrected chi connectivity index (χ1v) is 9.13. The van der Waals surface area contributed by atoms with Gasteiger partial charge >= 0.3 is 0 Å². The van der Waals surface area contributed by atoms with Crippen LogP contribution in [-0.4, -0.2) is 41.3 Å². The number of nitrogens with two attached hydrogens (primary N) is 1. The minimum atomic E-state index is 0. The lowest BCUT2D eigenvalue weighted by Gasteiger charge is -2.21. The topological polar surface area (TPSA) is 61.9 Å². The second-order valence-corrected chi connectivity index (χ2v) is 6.81. The molecule has 0 bridgehead atoms. The van der Waals surface area contributed by atoms with Crippen LogP contribution in [-0.2, 0) is 17.9 Å². The van der Waals surface area contributed by atoms with Gasteiger partial charge in [-0.1, -0.05) is 37.1 Å². The summed E-state index contributed by atoms with van der Waals surface area (Å²) in [5.74, 6) is 0.942. The maximum Gasteiger partial charge on any atom is 0.222 e. The molecule has 0 unspecified atom stereocenters. The van der Waals surface area contributed by atoms with Crippen molar-refractivity contribution in [1.82, 2.24) is 9.80 Å². The molecule has 0 atom stereocenters. The van der Waals surface area contributed by atoms with Gasteiger partial charge in [0.15, 0.2) is 5.96 Å². The van der Waals surface area contributed by atoms with Crippen LogP contribution < -0.4 is 5.73 Å². The van der Waals surface area contributed by atoms with E-state index in [-0.39, 0.29) is 29.9 Å².